The maximum Gasteiger partial charge on any atom is 0.337 e. The molecule has 2 aliphatic rings. The van der Waals surface area contributed by atoms with Crippen molar-refractivity contribution in [2.24, 2.45) is 0 Å². The van der Waals surface area contributed by atoms with E-state index >= 15 is 0 Å². The van der Waals surface area contributed by atoms with E-state index < -0.39 is 5.97 Å². The Hall–Kier alpha value is -3.31. The number of halogens is 1. The molecule has 0 bridgehead atoms. The number of carbonyl (C=O) groups excluding carboxylic acids is 1. The fraction of sp³-hybridized carbons (Fsp3) is 0.259. The monoisotopic (exact) mass is 461 g/mol. The summed E-state index contributed by atoms with van der Waals surface area (Å²) in [6, 6.07) is 18.9. The van der Waals surface area contributed by atoms with Gasteiger partial charge in [-0.1, -0.05) is 54.8 Å². The topological polar surface area (TPSA) is 66.8 Å². The maximum atomic E-state index is 12.9. The zero-order valence-electron chi connectivity index (χ0n) is 18.1. The van der Waals surface area contributed by atoms with Gasteiger partial charge in [-0.2, -0.15) is 0 Å². The number of carboxylic acids is 1. The number of nitrogens with zero attached hydrogens (tertiary/aromatic N) is 1. The van der Waals surface area contributed by atoms with Gasteiger partial charge in [-0.05, 0) is 65.4 Å². The van der Waals surface area contributed by atoms with Gasteiger partial charge in [0.15, 0.2) is 0 Å². The summed E-state index contributed by atoms with van der Waals surface area (Å²) in [5, 5.41) is 9.55. The van der Waals surface area contributed by atoms with Crippen molar-refractivity contribution < 1.29 is 19.4 Å². The minimum Gasteiger partial charge on any atom is -0.489 e. The molecule has 0 radical (unpaired) electrons. The van der Waals surface area contributed by atoms with Crippen LogP contribution in [-0.2, 0) is 13.2 Å². The highest BCUT2D eigenvalue weighted by molar-refractivity contribution is 6.33. The Labute approximate surface area is 197 Å². The number of aromatic carboxylic acids is 1. The predicted octanol–water partition coefficient (Wildman–Crippen LogP) is 6.18. The zero-order chi connectivity index (χ0) is 22.9. The maximum absolute atomic E-state index is 12.9. The van der Waals surface area contributed by atoms with Crippen LogP contribution in [0.15, 0.2) is 60.7 Å². The van der Waals surface area contributed by atoms with E-state index in [1.165, 1.54) is 12.8 Å². The third kappa shape index (κ3) is 4.33. The first-order valence-electron chi connectivity index (χ1n) is 11.2. The summed E-state index contributed by atoms with van der Waals surface area (Å²) in [4.78, 5) is 26.3. The summed E-state index contributed by atoms with van der Waals surface area (Å²) in [5.74, 6) is -0.277. The lowest BCUT2D eigenvalue weighted by molar-refractivity contribution is 0.0691. The molecule has 5 nitrogen and oxygen atoms in total. The van der Waals surface area contributed by atoms with Crippen LogP contribution in [0.4, 0.5) is 0 Å². The van der Waals surface area contributed by atoms with E-state index in [2.05, 4.69) is 0 Å². The van der Waals surface area contributed by atoms with Gasteiger partial charge in [0.05, 0.1) is 10.6 Å². The molecular weight excluding hydrogens is 438 g/mol. The number of amides is 1. The number of ether oxygens (including phenoxy) is 1. The van der Waals surface area contributed by atoms with Crippen molar-refractivity contribution in [2.45, 2.75) is 44.9 Å². The molecule has 1 aliphatic heterocycles. The van der Waals surface area contributed by atoms with Crippen LogP contribution in [0.5, 0.6) is 5.75 Å². The Morgan fingerprint density at radius 1 is 1.03 bits per heavy atom. The third-order valence-corrected chi connectivity index (χ3v) is 6.87. The third-order valence-electron chi connectivity index (χ3n) is 6.54. The summed E-state index contributed by atoms with van der Waals surface area (Å²) in [5.41, 5.74) is 4.48. The van der Waals surface area contributed by atoms with E-state index in [1.807, 2.05) is 47.4 Å². The molecule has 1 amide bonds. The minimum absolute atomic E-state index is 0.0743. The number of rotatable bonds is 6. The number of carboxylic acid groups (broad SMARTS) is 1. The van der Waals surface area contributed by atoms with Crippen LogP contribution in [-0.4, -0.2) is 27.9 Å². The molecule has 1 heterocycles. The van der Waals surface area contributed by atoms with Crippen LogP contribution in [0.3, 0.4) is 0 Å². The van der Waals surface area contributed by atoms with E-state index in [1.54, 1.807) is 18.2 Å². The number of carbonyl (C=O) groups is 2. The van der Waals surface area contributed by atoms with Crippen LogP contribution >= 0.6 is 11.6 Å². The molecule has 6 heteroatoms. The summed E-state index contributed by atoms with van der Waals surface area (Å²) >= 11 is 6.00. The second kappa shape index (κ2) is 8.91. The number of fused-ring (bicyclic) bond motifs is 1. The Balaban J connectivity index is 1.30. The summed E-state index contributed by atoms with van der Waals surface area (Å²) in [7, 11) is 0. The normalized spacial score (nSPS) is 15.7. The van der Waals surface area contributed by atoms with Crippen molar-refractivity contribution >= 4 is 23.5 Å². The number of hydrogen-bond donors (Lipinski definition) is 1. The molecule has 1 N–H and O–H groups in total. The molecule has 0 aromatic heterocycles. The first kappa shape index (κ1) is 21.5. The quantitative estimate of drug-likeness (QED) is 0.475. The molecule has 0 spiro atoms. The van der Waals surface area contributed by atoms with Crippen molar-refractivity contribution in [1.29, 1.82) is 0 Å². The Kier molecular flexibility index (Phi) is 5.81. The molecule has 168 valence electrons. The molecule has 33 heavy (non-hydrogen) atoms. The highest BCUT2D eigenvalue weighted by Crippen LogP contribution is 2.33. The number of benzene rings is 3. The SMILES string of the molecule is O=C(O)c1cc(-c2cccc(COc3ccc4c(c3)C(=O)N(C3CCCC3)C4)c2)ccc1Cl. The highest BCUT2D eigenvalue weighted by Gasteiger charge is 2.34. The van der Waals surface area contributed by atoms with E-state index in [0.29, 0.717) is 24.9 Å². The van der Waals surface area contributed by atoms with Gasteiger partial charge in [-0.3, -0.25) is 4.79 Å². The second-order valence-electron chi connectivity index (χ2n) is 8.68. The molecule has 0 unspecified atom stereocenters. The first-order valence-corrected chi connectivity index (χ1v) is 11.6. The zero-order valence-corrected chi connectivity index (χ0v) is 18.8. The summed E-state index contributed by atoms with van der Waals surface area (Å²) in [6.45, 7) is 1.03. The van der Waals surface area contributed by atoms with Gasteiger partial charge >= 0.3 is 5.97 Å². The molecular formula is C27H24ClNO4. The van der Waals surface area contributed by atoms with E-state index in [-0.39, 0.29) is 16.5 Å². The van der Waals surface area contributed by atoms with Crippen molar-refractivity contribution in [1.82, 2.24) is 4.90 Å². The lowest BCUT2D eigenvalue weighted by atomic mass is 10.0. The van der Waals surface area contributed by atoms with E-state index in [9.17, 15) is 14.7 Å². The Morgan fingerprint density at radius 2 is 1.82 bits per heavy atom. The first-order chi connectivity index (χ1) is 16.0. The predicted molar refractivity (Wildman–Crippen MR) is 127 cm³/mol. The Bertz CT molecular complexity index is 1230. The average molecular weight is 462 g/mol. The van der Waals surface area contributed by atoms with Crippen molar-refractivity contribution in [2.75, 3.05) is 0 Å². The van der Waals surface area contributed by atoms with Crippen LogP contribution in [0.25, 0.3) is 11.1 Å². The van der Waals surface area contributed by atoms with Crippen LogP contribution in [0, 0.1) is 0 Å². The van der Waals surface area contributed by atoms with Gasteiger partial charge in [0.1, 0.15) is 12.4 Å². The lowest BCUT2D eigenvalue weighted by Crippen LogP contribution is -2.33. The molecule has 1 saturated carbocycles. The number of hydrogen-bond acceptors (Lipinski definition) is 3. The standard InChI is InChI=1S/C27H24ClNO4/c28-25-11-9-19(13-24(25)27(31)32)18-5-3-4-17(12-18)16-33-22-10-8-20-15-29(21-6-1-2-7-21)26(30)23(20)14-22/h3-5,8-14,21H,1-2,6-7,15-16H2,(H,31,32). The lowest BCUT2D eigenvalue weighted by Gasteiger charge is -2.23. The largest absolute Gasteiger partial charge is 0.489 e. The van der Waals surface area contributed by atoms with Gasteiger partial charge in [-0.25, -0.2) is 4.79 Å². The van der Waals surface area contributed by atoms with Gasteiger partial charge in [0.25, 0.3) is 5.91 Å². The average Bonchev–Trinajstić information content (AvgIpc) is 3.46. The molecule has 1 aliphatic carbocycles. The Morgan fingerprint density at radius 3 is 2.61 bits per heavy atom. The van der Waals surface area contributed by atoms with Gasteiger partial charge < -0.3 is 14.7 Å². The van der Waals surface area contributed by atoms with E-state index in [0.717, 1.165) is 40.7 Å². The molecule has 5 rings (SSSR count). The summed E-state index contributed by atoms with van der Waals surface area (Å²) in [6.07, 6.45) is 4.60. The van der Waals surface area contributed by atoms with Crippen molar-refractivity contribution in [3.63, 3.8) is 0 Å². The minimum atomic E-state index is -1.06. The molecule has 3 aromatic rings. The summed E-state index contributed by atoms with van der Waals surface area (Å²) < 4.78 is 6.01. The van der Waals surface area contributed by atoms with Gasteiger partial charge in [0.2, 0.25) is 0 Å². The van der Waals surface area contributed by atoms with Crippen molar-refractivity contribution in [3.05, 3.63) is 87.9 Å². The second-order valence-corrected chi connectivity index (χ2v) is 9.09. The highest BCUT2D eigenvalue weighted by atomic mass is 35.5. The smallest absolute Gasteiger partial charge is 0.337 e. The molecule has 0 saturated heterocycles. The molecule has 0 atom stereocenters. The van der Waals surface area contributed by atoms with Crippen LogP contribution < -0.4 is 4.74 Å². The van der Waals surface area contributed by atoms with Crippen molar-refractivity contribution in [3.8, 4) is 16.9 Å². The molecule has 1 fully saturated rings. The van der Waals surface area contributed by atoms with E-state index in [4.69, 9.17) is 16.3 Å². The molecule has 3 aromatic carbocycles. The van der Waals surface area contributed by atoms with Crippen LogP contribution in [0.2, 0.25) is 5.02 Å². The van der Waals surface area contributed by atoms with Gasteiger partial charge in [-0.15, -0.1) is 0 Å². The van der Waals surface area contributed by atoms with Gasteiger partial charge in [0, 0.05) is 18.2 Å². The fourth-order valence-electron chi connectivity index (χ4n) is 4.78. The fourth-order valence-corrected chi connectivity index (χ4v) is 4.98. The van der Waals surface area contributed by atoms with Crippen LogP contribution in [0.1, 0.15) is 57.5 Å².